The van der Waals surface area contributed by atoms with Gasteiger partial charge in [0.1, 0.15) is 0 Å². The van der Waals surface area contributed by atoms with Gasteiger partial charge in [-0.3, -0.25) is 0 Å². The Bertz CT molecular complexity index is 284. The topological polar surface area (TPSA) is 60.9 Å². The molecule has 0 aromatic carbocycles. The maximum absolute atomic E-state index is 11.9. The molecular formula is C10H22N2O3S. The number of aliphatic hydroxyl groups excluding tert-OH is 1. The number of sulfonamides is 1. The number of piperazine rings is 1. The van der Waals surface area contributed by atoms with Gasteiger partial charge in [0, 0.05) is 32.8 Å². The van der Waals surface area contributed by atoms with E-state index in [2.05, 4.69) is 11.8 Å². The van der Waals surface area contributed by atoms with E-state index in [0.29, 0.717) is 25.9 Å². The number of likely N-dealkylation sites (N-methyl/N-ethyl adjacent to an activating group) is 1. The molecule has 1 N–H and O–H groups in total. The van der Waals surface area contributed by atoms with Crippen molar-refractivity contribution < 1.29 is 13.5 Å². The molecule has 1 aliphatic rings. The van der Waals surface area contributed by atoms with Gasteiger partial charge < -0.3 is 10.0 Å². The van der Waals surface area contributed by atoms with Crippen LogP contribution in [0.1, 0.15) is 19.8 Å². The molecule has 96 valence electrons. The molecule has 0 aromatic heterocycles. The fourth-order valence-corrected chi connectivity index (χ4v) is 3.40. The molecule has 0 radical (unpaired) electrons. The smallest absolute Gasteiger partial charge is 0.214 e. The normalized spacial score (nSPS) is 20.1. The van der Waals surface area contributed by atoms with Crippen molar-refractivity contribution in [2.45, 2.75) is 19.8 Å². The first-order valence-electron chi connectivity index (χ1n) is 5.91. The number of rotatable bonds is 6. The third-order valence-electron chi connectivity index (χ3n) is 2.98. The SMILES string of the molecule is CCN1CCN(S(=O)(=O)CCCCO)CC1. The second-order valence-electron chi connectivity index (χ2n) is 4.08. The predicted octanol–water partition coefficient (Wildman–Crippen LogP) is -0.274. The minimum atomic E-state index is -3.09. The fourth-order valence-electron chi connectivity index (χ4n) is 1.85. The van der Waals surface area contributed by atoms with Crippen LogP contribution in [0.2, 0.25) is 0 Å². The molecule has 0 saturated carbocycles. The van der Waals surface area contributed by atoms with E-state index in [1.807, 2.05) is 0 Å². The number of unbranched alkanes of at least 4 members (excludes halogenated alkanes) is 1. The first kappa shape index (κ1) is 13.9. The van der Waals surface area contributed by atoms with Gasteiger partial charge in [0.25, 0.3) is 0 Å². The molecule has 0 atom stereocenters. The summed E-state index contributed by atoms with van der Waals surface area (Å²) in [5.41, 5.74) is 0. The van der Waals surface area contributed by atoms with E-state index in [4.69, 9.17) is 5.11 Å². The Hall–Kier alpha value is -0.170. The molecule has 1 saturated heterocycles. The van der Waals surface area contributed by atoms with Gasteiger partial charge in [-0.25, -0.2) is 8.42 Å². The fraction of sp³-hybridized carbons (Fsp3) is 1.00. The van der Waals surface area contributed by atoms with Crippen molar-refractivity contribution >= 4 is 10.0 Å². The van der Waals surface area contributed by atoms with Crippen LogP contribution in [-0.4, -0.2) is 67.8 Å². The van der Waals surface area contributed by atoms with Crippen LogP contribution in [0.3, 0.4) is 0 Å². The summed E-state index contributed by atoms with van der Waals surface area (Å²) >= 11 is 0. The molecule has 5 nitrogen and oxygen atoms in total. The summed E-state index contributed by atoms with van der Waals surface area (Å²) < 4.78 is 25.3. The van der Waals surface area contributed by atoms with E-state index in [1.54, 1.807) is 4.31 Å². The van der Waals surface area contributed by atoms with Crippen LogP contribution in [0.4, 0.5) is 0 Å². The zero-order valence-corrected chi connectivity index (χ0v) is 10.7. The van der Waals surface area contributed by atoms with E-state index in [1.165, 1.54) is 0 Å². The van der Waals surface area contributed by atoms with Crippen molar-refractivity contribution in [3.05, 3.63) is 0 Å². The van der Waals surface area contributed by atoms with E-state index in [-0.39, 0.29) is 12.4 Å². The maximum Gasteiger partial charge on any atom is 0.214 e. The van der Waals surface area contributed by atoms with Gasteiger partial charge in [0.2, 0.25) is 10.0 Å². The van der Waals surface area contributed by atoms with Crippen molar-refractivity contribution in [3.8, 4) is 0 Å². The maximum atomic E-state index is 11.9. The molecule has 1 heterocycles. The highest BCUT2D eigenvalue weighted by Gasteiger charge is 2.25. The zero-order valence-electron chi connectivity index (χ0n) is 9.93. The lowest BCUT2D eigenvalue weighted by Gasteiger charge is -2.33. The quantitative estimate of drug-likeness (QED) is 0.659. The molecule has 0 aliphatic carbocycles. The van der Waals surface area contributed by atoms with Gasteiger partial charge in [-0.05, 0) is 19.4 Å². The molecule has 0 bridgehead atoms. The average Bonchev–Trinajstić information content (AvgIpc) is 2.29. The largest absolute Gasteiger partial charge is 0.396 e. The van der Waals surface area contributed by atoms with Gasteiger partial charge in [0.05, 0.1) is 5.75 Å². The standard InChI is InChI=1S/C10H22N2O3S/c1-2-11-5-7-12(8-6-11)16(14,15)10-4-3-9-13/h13H,2-10H2,1H3. The molecule has 0 amide bonds. The van der Waals surface area contributed by atoms with Gasteiger partial charge >= 0.3 is 0 Å². The van der Waals surface area contributed by atoms with Crippen LogP contribution in [0.25, 0.3) is 0 Å². The van der Waals surface area contributed by atoms with Crippen LogP contribution in [0.5, 0.6) is 0 Å². The van der Waals surface area contributed by atoms with Crippen LogP contribution < -0.4 is 0 Å². The van der Waals surface area contributed by atoms with Crippen molar-refractivity contribution in [1.82, 2.24) is 9.21 Å². The minimum absolute atomic E-state index is 0.0686. The lowest BCUT2D eigenvalue weighted by Crippen LogP contribution is -2.49. The molecule has 1 aliphatic heterocycles. The Labute approximate surface area is 98.1 Å². The molecule has 0 spiro atoms. The van der Waals surface area contributed by atoms with Crippen LogP contribution in [-0.2, 0) is 10.0 Å². The van der Waals surface area contributed by atoms with Gasteiger partial charge in [-0.2, -0.15) is 4.31 Å². The Kier molecular flexibility index (Phi) is 5.68. The van der Waals surface area contributed by atoms with Crippen LogP contribution in [0.15, 0.2) is 0 Å². The van der Waals surface area contributed by atoms with Crippen LogP contribution >= 0.6 is 0 Å². The zero-order chi connectivity index (χ0) is 12.0. The lowest BCUT2D eigenvalue weighted by atomic mass is 10.4. The number of aliphatic hydroxyl groups is 1. The van der Waals surface area contributed by atoms with Crippen molar-refractivity contribution in [2.75, 3.05) is 45.1 Å². The van der Waals surface area contributed by atoms with Crippen molar-refractivity contribution in [1.29, 1.82) is 0 Å². The highest BCUT2D eigenvalue weighted by Crippen LogP contribution is 2.09. The molecule has 0 unspecified atom stereocenters. The summed E-state index contributed by atoms with van der Waals surface area (Å²) in [6.07, 6.45) is 1.11. The third-order valence-corrected chi connectivity index (χ3v) is 4.94. The average molecular weight is 250 g/mol. The third kappa shape index (κ3) is 4.01. The van der Waals surface area contributed by atoms with Gasteiger partial charge in [-0.15, -0.1) is 0 Å². The Morgan fingerprint density at radius 3 is 2.25 bits per heavy atom. The summed E-state index contributed by atoms with van der Waals surface area (Å²) in [7, 11) is -3.09. The van der Waals surface area contributed by atoms with Crippen LogP contribution in [0, 0.1) is 0 Å². The molecule has 16 heavy (non-hydrogen) atoms. The molecule has 6 heteroatoms. The number of hydrogen-bond donors (Lipinski definition) is 1. The Morgan fingerprint density at radius 2 is 1.75 bits per heavy atom. The van der Waals surface area contributed by atoms with E-state index in [0.717, 1.165) is 19.6 Å². The molecule has 1 rings (SSSR count). The molecule has 1 fully saturated rings. The summed E-state index contributed by atoms with van der Waals surface area (Å²) in [6.45, 7) is 6.01. The monoisotopic (exact) mass is 250 g/mol. The van der Waals surface area contributed by atoms with Crippen molar-refractivity contribution in [2.24, 2.45) is 0 Å². The number of nitrogens with zero attached hydrogens (tertiary/aromatic N) is 2. The summed E-state index contributed by atoms with van der Waals surface area (Å²) in [4.78, 5) is 2.25. The second-order valence-corrected chi connectivity index (χ2v) is 6.17. The molecular weight excluding hydrogens is 228 g/mol. The second kappa shape index (κ2) is 6.54. The van der Waals surface area contributed by atoms with E-state index < -0.39 is 10.0 Å². The minimum Gasteiger partial charge on any atom is -0.396 e. The lowest BCUT2D eigenvalue weighted by molar-refractivity contribution is 0.196. The summed E-state index contributed by atoms with van der Waals surface area (Å²) in [5.74, 6) is 0.166. The molecule has 0 aromatic rings. The number of hydrogen-bond acceptors (Lipinski definition) is 4. The first-order valence-corrected chi connectivity index (χ1v) is 7.52. The predicted molar refractivity (Wildman–Crippen MR) is 63.8 cm³/mol. The van der Waals surface area contributed by atoms with E-state index >= 15 is 0 Å². The highest BCUT2D eigenvalue weighted by atomic mass is 32.2. The summed E-state index contributed by atoms with van der Waals surface area (Å²) in [6, 6.07) is 0. The van der Waals surface area contributed by atoms with Gasteiger partial charge in [-0.1, -0.05) is 6.92 Å². The van der Waals surface area contributed by atoms with Crippen molar-refractivity contribution in [3.63, 3.8) is 0 Å². The first-order chi connectivity index (χ1) is 7.60. The Balaban J connectivity index is 2.39. The van der Waals surface area contributed by atoms with Gasteiger partial charge in [0.15, 0.2) is 0 Å². The van der Waals surface area contributed by atoms with E-state index in [9.17, 15) is 8.42 Å². The Morgan fingerprint density at radius 1 is 1.12 bits per heavy atom. The summed E-state index contributed by atoms with van der Waals surface area (Å²) in [5, 5.41) is 8.62. The highest BCUT2D eigenvalue weighted by molar-refractivity contribution is 7.89.